The fraction of sp³-hybridized carbons (Fsp3) is 0.286. The maximum Gasteiger partial charge on any atom is 0.160 e. The van der Waals surface area contributed by atoms with Crippen LogP contribution in [0, 0.1) is 6.92 Å². The van der Waals surface area contributed by atoms with Gasteiger partial charge in [0.2, 0.25) is 0 Å². The van der Waals surface area contributed by atoms with Gasteiger partial charge < -0.3 is 4.57 Å². The molecule has 0 N–H and O–H groups in total. The number of rotatable bonds is 3. The van der Waals surface area contributed by atoms with Crippen LogP contribution in [-0.4, -0.2) is 16.1 Å². The number of hydrogen-bond acceptors (Lipinski definition) is 2. The van der Waals surface area contributed by atoms with E-state index in [1.165, 1.54) is 13.8 Å². The molecule has 0 bridgehead atoms. The lowest BCUT2D eigenvalue weighted by molar-refractivity contribution is -0.129. The molecular formula is C14H15NO2. The molecule has 3 heteroatoms. The second-order valence-electron chi connectivity index (χ2n) is 4.41. The van der Waals surface area contributed by atoms with Crippen LogP contribution < -0.4 is 0 Å². The predicted octanol–water partition coefficient (Wildman–Crippen LogP) is 2.67. The molecule has 1 heterocycles. The van der Waals surface area contributed by atoms with Crippen molar-refractivity contribution in [2.45, 2.75) is 26.8 Å². The summed E-state index contributed by atoms with van der Waals surface area (Å²) in [7, 11) is 0. The van der Waals surface area contributed by atoms with Gasteiger partial charge in [-0.2, -0.15) is 0 Å². The number of aromatic nitrogens is 1. The van der Waals surface area contributed by atoms with Gasteiger partial charge in [0.15, 0.2) is 11.6 Å². The SMILES string of the molecule is CC(=O)C(C(C)=O)n1ccc2cc(C)ccc21. The molecule has 0 unspecified atom stereocenters. The number of hydrogen-bond donors (Lipinski definition) is 0. The number of fused-ring (bicyclic) bond motifs is 1. The summed E-state index contributed by atoms with van der Waals surface area (Å²) < 4.78 is 1.75. The lowest BCUT2D eigenvalue weighted by Gasteiger charge is -2.14. The van der Waals surface area contributed by atoms with Gasteiger partial charge >= 0.3 is 0 Å². The maximum absolute atomic E-state index is 11.6. The van der Waals surface area contributed by atoms with Gasteiger partial charge in [0.25, 0.3) is 0 Å². The van der Waals surface area contributed by atoms with E-state index in [1.54, 1.807) is 10.8 Å². The Bertz CT molecular complexity index is 581. The Hall–Kier alpha value is -1.90. The lowest BCUT2D eigenvalue weighted by atomic mass is 10.1. The van der Waals surface area contributed by atoms with E-state index in [2.05, 4.69) is 0 Å². The van der Waals surface area contributed by atoms with Crippen molar-refractivity contribution < 1.29 is 9.59 Å². The molecule has 0 saturated carbocycles. The first-order valence-electron chi connectivity index (χ1n) is 5.59. The summed E-state index contributed by atoms with van der Waals surface area (Å²) in [5.41, 5.74) is 2.09. The van der Waals surface area contributed by atoms with E-state index in [-0.39, 0.29) is 11.6 Å². The third kappa shape index (κ3) is 2.00. The summed E-state index contributed by atoms with van der Waals surface area (Å²) in [6.07, 6.45) is 1.80. The molecule has 0 saturated heterocycles. The number of ketones is 2. The topological polar surface area (TPSA) is 39.1 Å². The van der Waals surface area contributed by atoms with Crippen LogP contribution in [0.25, 0.3) is 10.9 Å². The Morgan fingerprint density at radius 1 is 1.12 bits per heavy atom. The molecule has 17 heavy (non-hydrogen) atoms. The summed E-state index contributed by atoms with van der Waals surface area (Å²) in [6, 6.07) is 7.21. The van der Waals surface area contributed by atoms with Gasteiger partial charge in [-0.05, 0) is 44.4 Å². The molecule has 2 aromatic rings. The zero-order valence-corrected chi connectivity index (χ0v) is 10.2. The average Bonchev–Trinajstić information content (AvgIpc) is 2.60. The van der Waals surface area contributed by atoms with Crippen molar-refractivity contribution in [2.24, 2.45) is 0 Å². The van der Waals surface area contributed by atoms with Gasteiger partial charge in [-0.25, -0.2) is 0 Å². The van der Waals surface area contributed by atoms with E-state index in [0.717, 1.165) is 16.5 Å². The molecular weight excluding hydrogens is 214 g/mol. The molecule has 0 aliphatic carbocycles. The van der Waals surface area contributed by atoms with Gasteiger partial charge in [0.1, 0.15) is 6.04 Å². The first-order valence-corrected chi connectivity index (χ1v) is 5.59. The molecule has 0 radical (unpaired) electrons. The summed E-state index contributed by atoms with van der Waals surface area (Å²) in [5.74, 6) is -0.258. The molecule has 0 atom stereocenters. The van der Waals surface area contributed by atoms with Crippen molar-refractivity contribution >= 4 is 22.5 Å². The first-order chi connectivity index (χ1) is 8.00. The van der Waals surface area contributed by atoms with Gasteiger partial charge in [0.05, 0.1) is 0 Å². The second-order valence-corrected chi connectivity index (χ2v) is 4.41. The molecule has 1 aromatic carbocycles. The molecule has 0 spiro atoms. The van der Waals surface area contributed by atoms with Crippen molar-refractivity contribution in [3.05, 3.63) is 36.0 Å². The quantitative estimate of drug-likeness (QED) is 0.759. The Morgan fingerprint density at radius 3 is 2.35 bits per heavy atom. The van der Waals surface area contributed by atoms with Crippen LogP contribution >= 0.6 is 0 Å². The van der Waals surface area contributed by atoms with Crippen molar-refractivity contribution in [1.29, 1.82) is 0 Å². The summed E-state index contributed by atoms with van der Waals surface area (Å²) in [5, 5.41) is 1.05. The zero-order valence-electron chi connectivity index (χ0n) is 10.2. The Labute approximate surface area is 100 Å². The number of aryl methyl sites for hydroxylation is 1. The van der Waals surface area contributed by atoms with E-state index < -0.39 is 6.04 Å². The smallest absolute Gasteiger partial charge is 0.160 e. The highest BCUT2D eigenvalue weighted by molar-refractivity contribution is 6.03. The monoisotopic (exact) mass is 229 g/mol. The molecule has 3 nitrogen and oxygen atoms in total. The molecule has 0 fully saturated rings. The third-order valence-electron chi connectivity index (χ3n) is 2.92. The van der Waals surface area contributed by atoms with Crippen LogP contribution in [0.2, 0.25) is 0 Å². The second kappa shape index (κ2) is 4.17. The van der Waals surface area contributed by atoms with Crippen molar-refractivity contribution in [1.82, 2.24) is 4.57 Å². The van der Waals surface area contributed by atoms with Crippen molar-refractivity contribution in [3.63, 3.8) is 0 Å². The number of nitrogens with zero attached hydrogens (tertiary/aromatic N) is 1. The number of Topliss-reactive ketones (excluding diaryl/α,β-unsaturated/α-hetero) is 2. The molecule has 0 aliphatic heterocycles. The van der Waals surface area contributed by atoms with Gasteiger partial charge in [-0.15, -0.1) is 0 Å². The van der Waals surface area contributed by atoms with E-state index in [9.17, 15) is 9.59 Å². The van der Waals surface area contributed by atoms with Crippen LogP contribution in [0.15, 0.2) is 30.5 Å². The van der Waals surface area contributed by atoms with Crippen molar-refractivity contribution in [2.75, 3.05) is 0 Å². The van der Waals surface area contributed by atoms with Gasteiger partial charge in [0, 0.05) is 11.7 Å². The Kier molecular flexibility index (Phi) is 2.84. The van der Waals surface area contributed by atoms with Crippen LogP contribution in [0.3, 0.4) is 0 Å². The maximum atomic E-state index is 11.6. The largest absolute Gasteiger partial charge is 0.330 e. The van der Waals surface area contributed by atoms with E-state index in [4.69, 9.17) is 0 Å². The minimum atomic E-state index is -0.699. The van der Waals surface area contributed by atoms with E-state index >= 15 is 0 Å². The lowest BCUT2D eigenvalue weighted by Crippen LogP contribution is -2.23. The Balaban J connectivity index is 2.62. The normalized spacial score (nSPS) is 11.1. The predicted molar refractivity (Wildman–Crippen MR) is 67.1 cm³/mol. The van der Waals surface area contributed by atoms with Crippen LogP contribution in [0.1, 0.15) is 25.5 Å². The fourth-order valence-electron chi connectivity index (χ4n) is 2.19. The molecule has 2 rings (SSSR count). The van der Waals surface area contributed by atoms with Gasteiger partial charge in [-0.3, -0.25) is 9.59 Å². The van der Waals surface area contributed by atoms with Crippen LogP contribution in [0.4, 0.5) is 0 Å². The standard InChI is InChI=1S/C14H15NO2/c1-9-4-5-13-12(8-9)6-7-15(13)14(10(2)16)11(3)17/h4-8,14H,1-3H3. The van der Waals surface area contributed by atoms with Crippen LogP contribution in [-0.2, 0) is 9.59 Å². The Morgan fingerprint density at radius 2 is 1.76 bits per heavy atom. The highest BCUT2D eigenvalue weighted by Gasteiger charge is 2.22. The highest BCUT2D eigenvalue weighted by Crippen LogP contribution is 2.22. The average molecular weight is 229 g/mol. The van der Waals surface area contributed by atoms with E-state index in [0.29, 0.717) is 0 Å². The first kappa shape index (κ1) is 11.6. The van der Waals surface area contributed by atoms with E-state index in [1.807, 2.05) is 31.2 Å². The number of carbonyl (C=O) groups excluding carboxylic acids is 2. The summed E-state index contributed by atoms with van der Waals surface area (Å²) in [6.45, 7) is 4.92. The zero-order chi connectivity index (χ0) is 12.6. The third-order valence-corrected chi connectivity index (χ3v) is 2.92. The van der Waals surface area contributed by atoms with Crippen LogP contribution in [0.5, 0.6) is 0 Å². The molecule has 1 aromatic heterocycles. The number of carbonyl (C=O) groups is 2. The summed E-state index contributed by atoms with van der Waals surface area (Å²) >= 11 is 0. The fourth-order valence-corrected chi connectivity index (χ4v) is 2.19. The minimum absolute atomic E-state index is 0.129. The highest BCUT2D eigenvalue weighted by atomic mass is 16.2. The van der Waals surface area contributed by atoms with Gasteiger partial charge in [-0.1, -0.05) is 11.6 Å². The summed E-state index contributed by atoms with van der Waals surface area (Å²) in [4.78, 5) is 23.1. The molecule has 88 valence electrons. The number of benzene rings is 1. The van der Waals surface area contributed by atoms with Crippen molar-refractivity contribution in [3.8, 4) is 0 Å². The molecule has 0 amide bonds. The minimum Gasteiger partial charge on any atom is -0.330 e. The molecule has 0 aliphatic rings.